The lowest BCUT2D eigenvalue weighted by molar-refractivity contribution is -0.120. The van der Waals surface area contributed by atoms with Crippen molar-refractivity contribution in [1.29, 1.82) is 0 Å². The number of carbonyl (C=O) groups is 1. The van der Waals surface area contributed by atoms with Crippen molar-refractivity contribution in [3.05, 3.63) is 75.0 Å². The first-order valence-electron chi connectivity index (χ1n) is 9.35. The zero-order valence-corrected chi connectivity index (χ0v) is 19.2. The fourth-order valence-corrected chi connectivity index (χ4v) is 6.73. The third-order valence-electron chi connectivity index (χ3n) is 4.70. The molecule has 2 heterocycles. The maximum atomic E-state index is 13.9. The van der Waals surface area contributed by atoms with Crippen molar-refractivity contribution >= 4 is 64.2 Å². The summed E-state index contributed by atoms with van der Waals surface area (Å²) in [6.07, 6.45) is 3.24. The van der Waals surface area contributed by atoms with Crippen molar-refractivity contribution in [2.75, 3.05) is 13.2 Å². The van der Waals surface area contributed by atoms with Gasteiger partial charge >= 0.3 is 7.60 Å². The van der Waals surface area contributed by atoms with Crippen LogP contribution in [0.4, 0.5) is 4.39 Å². The maximum absolute atomic E-state index is 13.9. The van der Waals surface area contributed by atoms with Crippen molar-refractivity contribution in [1.82, 2.24) is 5.32 Å². The molecule has 4 rings (SSSR count). The first kappa shape index (κ1) is 22.5. The zero-order valence-electron chi connectivity index (χ0n) is 16.0. The number of nitrogens with one attached hydrogen (secondary N) is 1. The van der Waals surface area contributed by atoms with Crippen molar-refractivity contribution in [3.63, 3.8) is 0 Å². The largest absolute Gasteiger partial charge is 0.347 e. The molecule has 1 atom stereocenters. The van der Waals surface area contributed by atoms with Gasteiger partial charge in [-0.05, 0) is 65.2 Å². The molecule has 5 nitrogen and oxygen atoms in total. The Morgan fingerprint density at radius 3 is 2.65 bits per heavy atom. The highest BCUT2D eigenvalue weighted by atomic mass is 35.5. The van der Waals surface area contributed by atoms with Gasteiger partial charge in [-0.25, -0.2) is 4.39 Å². The van der Waals surface area contributed by atoms with E-state index in [1.807, 2.05) is 6.07 Å². The third kappa shape index (κ3) is 4.87. The van der Waals surface area contributed by atoms with E-state index in [2.05, 4.69) is 5.32 Å². The molecule has 1 aliphatic rings. The lowest BCUT2D eigenvalue weighted by atomic mass is 10.1. The Labute approximate surface area is 192 Å². The van der Waals surface area contributed by atoms with Gasteiger partial charge in [-0.15, -0.1) is 11.3 Å². The van der Waals surface area contributed by atoms with Crippen LogP contribution in [0.3, 0.4) is 0 Å². The Balaban J connectivity index is 1.68. The van der Waals surface area contributed by atoms with Crippen LogP contribution in [0.5, 0.6) is 0 Å². The monoisotopic (exact) mass is 499 g/mol. The predicted octanol–water partition coefficient (Wildman–Crippen LogP) is 6.81. The summed E-state index contributed by atoms with van der Waals surface area (Å²) in [6, 6.07) is 9.39. The van der Waals surface area contributed by atoms with E-state index in [9.17, 15) is 13.8 Å². The van der Waals surface area contributed by atoms with Crippen LogP contribution in [0.2, 0.25) is 10.0 Å². The average Bonchev–Trinajstić information content (AvgIpc) is 3.13. The van der Waals surface area contributed by atoms with Gasteiger partial charge in [0.05, 0.1) is 13.2 Å². The molecule has 0 aliphatic carbocycles. The topological polar surface area (TPSA) is 64.6 Å². The standard InChI is InChI=1S/C21H17Cl2FNO4PS/c22-14-2-4-18(24)13(10-14)6-7-25-21(26)20(30(27)28-8-1-9-29-30)17-12-31-19-5-3-15(23)11-16(17)19/h2-7,10-12,20H,1,8-9H2,(H,25,26)/b7-6+. The summed E-state index contributed by atoms with van der Waals surface area (Å²) >= 11 is 13.4. The summed E-state index contributed by atoms with van der Waals surface area (Å²) < 4.78 is 39.3. The molecule has 0 radical (unpaired) electrons. The van der Waals surface area contributed by atoms with E-state index in [0.29, 0.717) is 27.4 Å². The Hall–Kier alpha value is -1.73. The Kier molecular flexibility index (Phi) is 6.82. The van der Waals surface area contributed by atoms with Gasteiger partial charge in [-0.1, -0.05) is 23.2 Å². The fraction of sp³-hybridized carbons (Fsp3) is 0.190. The van der Waals surface area contributed by atoms with Crippen molar-refractivity contribution in [3.8, 4) is 0 Å². The van der Waals surface area contributed by atoms with Gasteiger partial charge in [0.25, 0.3) is 0 Å². The normalized spacial score (nSPS) is 17.1. The van der Waals surface area contributed by atoms with Crippen LogP contribution >= 0.6 is 42.1 Å². The number of hydrogen-bond donors (Lipinski definition) is 1. The highest BCUT2D eigenvalue weighted by Crippen LogP contribution is 2.63. The number of benzene rings is 2. The van der Waals surface area contributed by atoms with E-state index in [-0.39, 0.29) is 18.8 Å². The molecule has 1 unspecified atom stereocenters. The first-order chi connectivity index (χ1) is 14.9. The SMILES string of the molecule is O=C(N/C=C/c1cc(Cl)ccc1F)C(c1csc2ccc(Cl)cc12)P1(=O)OCCCO1. The molecule has 1 amide bonds. The van der Waals surface area contributed by atoms with Crippen LogP contribution in [-0.4, -0.2) is 19.1 Å². The number of fused-ring (bicyclic) bond motifs is 1. The number of rotatable bonds is 5. The Bertz CT molecular complexity index is 1210. The van der Waals surface area contributed by atoms with Gasteiger partial charge in [0, 0.05) is 26.5 Å². The van der Waals surface area contributed by atoms with E-state index < -0.39 is 25.0 Å². The summed E-state index contributed by atoms with van der Waals surface area (Å²) in [5, 5.41) is 5.89. The molecule has 1 N–H and O–H groups in total. The lowest BCUT2D eigenvalue weighted by Crippen LogP contribution is -2.28. The van der Waals surface area contributed by atoms with Crippen LogP contribution in [0.1, 0.15) is 23.2 Å². The van der Waals surface area contributed by atoms with Crippen molar-refractivity contribution in [2.24, 2.45) is 0 Å². The van der Waals surface area contributed by atoms with Gasteiger partial charge in [0.15, 0.2) is 5.66 Å². The van der Waals surface area contributed by atoms with Crippen molar-refractivity contribution < 1.29 is 22.8 Å². The van der Waals surface area contributed by atoms with Crippen LogP contribution in [0.25, 0.3) is 16.2 Å². The minimum atomic E-state index is -3.79. The summed E-state index contributed by atoms with van der Waals surface area (Å²) in [4.78, 5) is 13.2. The molecule has 1 saturated heterocycles. The van der Waals surface area contributed by atoms with Gasteiger partial charge in [-0.2, -0.15) is 0 Å². The molecule has 162 valence electrons. The van der Waals surface area contributed by atoms with Gasteiger partial charge in [0.1, 0.15) is 5.82 Å². The van der Waals surface area contributed by atoms with Gasteiger partial charge < -0.3 is 14.4 Å². The summed E-state index contributed by atoms with van der Waals surface area (Å²) in [5.74, 6) is -1.08. The fourth-order valence-electron chi connectivity index (χ4n) is 3.25. The van der Waals surface area contributed by atoms with E-state index in [1.54, 1.807) is 17.5 Å². The Morgan fingerprint density at radius 2 is 1.87 bits per heavy atom. The number of hydrogen-bond acceptors (Lipinski definition) is 5. The molecule has 2 aromatic carbocycles. The molecule has 1 aliphatic heterocycles. The number of carbonyl (C=O) groups excluding carboxylic acids is 1. The van der Waals surface area contributed by atoms with E-state index in [0.717, 1.165) is 4.70 Å². The maximum Gasteiger partial charge on any atom is 0.347 e. The van der Waals surface area contributed by atoms with Crippen LogP contribution in [-0.2, 0) is 18.4 Å². The van der Waals surface area contributed by atoms with Crippen LogP contribution in [0, 0.1) is 5.82 Å². The molecule has 0 bridgehead atoms. The molecule has 0 saturated carbocycles. The molecular weight excluding hydrogens is 483 g/mol. The van der Waals surface area contributed by atoms with E-state index in [4.69, 9.17) is 32.2 Å². The molecule has 1 aromatic heterocycles. The molecule has 10 heteroatoms. The minimum absolute atomic E-state index is 0.203. The highest BCUT2D eigenvalue weighted by molar-refractivity contribution is 7.55. The van der Waals surface area contributed by atoms with E-state index in [1.165, 1.54) is 41.8 Å². The predicted molar refractivity (Wildman–Crippen MR) is 122 cm³/mol. The average molecular weight is 500 g/mol. The number of halogens is 3. The Morgan fingerprint density at radius 1 is 1.16 bits per heavy atom. The summed E-state index contributed by atoms with van der Waals surface area (Å²) in [7, 11) is -3.79. The molecule has 31 heavy (non-hydrogen) atoms. The summed E-state index contributed by atoms with van der Waals surface area (Å²) in [5.41, 5.74) is -0.490. The number of thiophene rings is 1. The highest BCUT2D eigenvalue weighted by Gasteiger charge is 2.45. The van der Waals surface area contributed by atoms with Crippen molar-refractivity contribution in [2.45, 2.75) is 12.1 Å². The van der Waals surface area contributed by atoms with E-state index >= 15 is 0 Å². The minimum Gasteiger partial charge on any atom is -0.332 e. The molecule has 0 spiro atoms. The van der Waals surface area contributed by atoms with Crippen LogP contribution in [0.15, 0.2) is 48.0 Å². The second-order valence-electron chi connectivity index (χ2n) is 6.80. The van der Waals surface area contributed by atoms with Gasteiger partial charge in [-0.3, -0.25) is 9.36 Å². The second-order valence-corrected chi connectivity index (χ2v) is 10.7. The van der Waals surface area contributed by atoms with Crippen LogP contribution < -0.4 is 5.32 Å². The second kappa shape index (κ2) is 9.41. The van der Waals surface area contributed by atoms with Gasteiger partial charge in [0.2, 0.25) is 5.91 Å². The molecule has 1 fully saturated rings. The lowest BCUT2D eigenvalue weighted by Gasteiger charge is -2.29. The number of amides is 1. The summed E-state index contributed by atoms with van der Waals surface area (Å²) in [6.45, 7) is 0.459. The molecule has 3 aromatic rings. The third-order valence-corrected chi connectivity index (χ3v) is 8.38. The zero-order chi connectivity index (χ0) is 22.0. The quantitative estimate of drug-likeness (QED) is 0.391. The smallest absolute Gasteiger partial charge is 0.332 e. The molecular formula is C21H17Cl2FNO4PS. The first-order valence-corrected chi connectivity index (χ1v) is 12.6.